The van der Waals surface area contributed by atoms with Gasteiger partial charge in [0, 0.05) is 19.5 Å². The molecule has 1 amide bonds. The Morgan fingerprint density at radius 2 is 1.73 bits per heavy atom. The van der Waals surface area contributed by atoms with Crippen molar-refractivity contribution in [3.05, 3.63) is 18.2 Å². The minimum atomic E-state index is -3.66. The first-order valence-corrected chi connectivity index (χ1v) is 13.8. The van der Waals surface area contributed by atoms with E-state index in [0.717, 1.165) is 37.0 Å². The Kier molecular flexibility index (Phi) is 6.20. The number of carbonyl (C=O) groups excluding carboxylic acids is 1. The van der Waals surface area contributed by atoms with Gasteiger partial charge in [0.25, 0.3) is 0 Å². The maximum absolute atomic E-state index is 13.3. The van der Waals surface area contributed by atoms with Crippen LogP contribution in [0.25, 0.3) is 0 Å². The highest BCUT2D eigenvalue weighted by Gasteiger charge is 2.51. The van der Waals surface area contributed by atoms with Gasteiger partial charge in [-0.05, 0) is 93.7 Å². The van der Waals surface area contributed by atoms with Crippen LogP contribution in [0.5, 0.6) is 5.75 Å². The smallest absolute Gasteiger partial charge is 0.243 e. The highest BCUT2D eigenvalue weighted by Crippen LogP contribution is 2.61. The average Bonchev–Trinajstić information content (AvgIpc) is 2.73. The molecule has 1 aromatic carbocycles. The first-order valence-electron chi connectivity index (χ1n) is 12.4. The number of nitrogens with one attached hydrogen (secondary N) is 1. The summed E-state index contributed by atoms with van der Waals surface area (Å²) >= 11 is 0. The van der Waals surface area contributed by atoms with Crippen LogP contribution in [0, 0.1) is 23.2 Å². The first kappa shape index (κ1) is 23.1. The molecule has 8 heteroatoms. The number of sulfonamides is 1. The molecule has 4 aliphatic carbocycles. The quantitative estimate of drug-likeness (QED) is 0.642. The molecule has 7 nitrogen and oxygen atoms in total. The minimum Gasteiger partial charge on any atom is -0.489 e. The third kappa shape index (κ3) is 4.80. The lowest BCUT2D eigenvalue weighted by molar-refractivity contribution is -0.124. The Hall–Kier alpha value is -1.64. The van der Waals surface area contributed by atoms with Crippen molar-refractivity contribution in [1.29, 1.82) is 0 Å². The Bertz CT molecular complexity index is 965. The number of hydrogen-bond donors (Lipinski definition) is 1. The molecule has 1 saturated heterocycles. The molecular formula is C25H36N2O5S. The fourth-order valence-electron chi connectivity index (χ4n) is 7.10. The van der Waals surface area contributed by atoms with Gasteiger partial charge >= 0.3 is 0 Å². The van der Waals surface area contributed by atoms with Gasteiger partial charge in [0.1, 0.15) is 5.75 Å². The fraction of sp³-hybridized carbons (Fsp3) is 0.720. The molecule has 4 bridgehead atoms. The predicted octanol–water partition coefficient (Wildman–Crippen LogP) is 4.04. The second kappa shape index (κ2) is 8.86. The summed E-state index contributed by atoms with van der Waals surface area (Å²) in [5.41, 5.74) is 0.558. The van der Waals surface area contributed by atoms with Gasteiger partial charge in [0.15, 0.2) is 0 Å². The maximum Gasteiger partial charge on any atom is 0.243 e. The number of nitrogens with zero attached hydrogens (tertiary/aromatic N) is 1. The molecule has 0 atom stereocenters. The van der Waals surface area contributed by atoms with Crippen LogP contribution in [0.4, 0.5) is 5.69 Å². The third-order valence-corrected chi connectivity index (χ3v) is 9.79. The highest BCUT2D eigenvalue weighted by atomic mass is 32.2. The third-order valence-electron chi connectivity index (χ3n) is 7.90. The Balaban J connectivity index is 1.36. The molecule has 5 fully saturated rings. The summed E-state index contributed by atoms with van der Waals surface area (Å²) in [6, 6.07) is 4.78. The summed E-state index contributed by atoms with van der Waals surface area (Å²) in [6.45, 7) is 5.28. The Morgan fingerprint density at radius 3 is 2.30 bits per heavy atom. The molecule has 6 rings (SSSR count). The van der Waals surface area contributed by atoms with E-state index >= 15 is 0 Å². The molecule has 0 spiro atoms. The van der Waals surface area contributed by atoms with Gasteiger partial charge in [0.2, 0.25) is 15.9 Å². The maximum atomic E-state index is 13.3. The van der Waals surface area contributed by atoms with Crippen molar-refractivity contribution in [3.63, 3.8) is 0 Å². The van der Waals surface area contributed by atoms with Gasteiger partial charge in [-0.3, -0.25) is 4.79 Å². The van der Waals surface area contributed by atoms with Gasteiger partial charge in [-0.1, -0.05) is 0 Å². The summed E-state index contributed by atoms with van der Waals surface area (Å²) in [5.74, 6) is 2.82. The van der Waals surface area contributed by atoms with E-state index in [2.05, 4.69) is 5.32 Å². The van der Waals surface area contributed by atoms with Gasteiger partial charge in [-0.15, -0.1) is 0 Å². The monoisotopic (exact) mass is 476 g/mol. The molecule has 0 aromatic heterocycles. The molecule has 33 heavy (non-hydrogen) atoms. The highest BCUT2D eigenvalue weighted by molar-refractivity contribution is 7.89. The number of ether oxygens (including phenoxy) is 2. The van der Waals surface area contributed by atoms with E-state index in [1.165, 1.54) is 23.6 Å². The lowest BCUT2D eigenvalue weighted by Gasteiger charge is -2.56. The normalized spacial score (nSPS) is 31.7. The van der Waals surface area contributed by atoms with Crippen molar-refractivity contribution in [2.24, 2.45) is 23.2 Å². The van der Waals surface area contributed by atoms with Crippen molar-refractivity contribution >= 4 is 21.6 Å². The van der Waals surface area contributed by atoms with Crippen LogP contribution in [0.2, 0.25) is 0 Å². The fourth-order valence-corrected chi connectivity index (χ4v) is 8.54. The number of rotatable bonds is 7. The number of amides is 1. The average molecular weight is 477 g/mol. The lowest BCUT2D eigenvalue weighted by Crippen LogP contribution is -2.47. The lowest BCUT2D eigenvalue weighted by atomic mass is 9.49. The molecule has 182 valence electrons. The van der Waals surface area contributed by atoms with Gasteiger partial charge in [-0.25, -0.2) is 8.42 Å². The predicted molar refractivity (Wildman–Crippen MR) is 126 cm³/mol. The topological polar surface area (TPSA) is 84.9 Å². The van der Waals surface area contributed by atoms with Crippen molar-refractivity contribution in [1.82, 2.24) is 4.31 Å². The number of hydrogen-bond acceptors (Lipinski definition) is 5. The van der Waals surface area contributed by atoms with Crippen molar-refractivity contribution in [2.75, 3.05) is 31.6 Å². The molecule has 1 heterocycles. The first-order chi connectivity index (χ1) is 15.7. The van der Waals surface area contributed by atoms with Gasteiger partial charge in [0.05, 0.1) is 29.9 Å². The molecule has 0 radical (unpaired) electrons. The van der Waals surface area contributed by atoms with Gasteiger partial charge in [-0.2, -0.15) is 4.31 Å². The zero-order chi connectivity index (χ0) is 23.2. The molecule has 1 N–H and O–H groups in total. The molecule has 0 unspecified atom stereocenters. The minimum absolute atomic E-state index is 0.0357. The van der Waals surface area contributed by atoms with E-state index in [1.54, 1.807) is 18.2 Å². The second-order valence-electron chi connectivity index (χ2n) is 11.0. The van der Waals surface area contributed by atoms with Crippen molar-refractivity contribution in [2.45, 2.75) is 69.8 Å². The largest absolute Gasteiger partial charge is 0.489 e. The zero-order valence-corrected chi connectivity index (χ0v) is 20.5. The molecular weight excluding hydrogens is 440 g/mol. The zero-order valence-electron chi connectivity index (χ0n) is 19.7. The van der Waals surface area contributed by atoms with E-state index in [9.17, 15) is 13.2 Å². The number of anilines is 1. The van der Waals surface area contributed by atoms with E-state index in [4.69, 9.17) is 9.47 Å². The van der Waals surface area contributed by atoms with Crippen molar-refractivity contribution < 1.29 is 22.7 Å². The Labute approximate surface area is 197 Å². The number of carbonyl (C=O) groups is 1. The SMILES string of the molecule is CC(C)Oc1ccc(S(=O)(=O)N2CCOCC2)cc1NC(=O)CC12CC3CC(CC(C3)C1)C2. The molecule has 1 aliphatic heterocycles. The van der Waals surface area contributed by atoms with Crippen LogP contribution in [-0.4, -0.2) is 51.0 Å². The van der Waals surface area contributed by atoms with Crippen LogP contribution in [0.1, 0.15) is 58.8 Å². The summed E-state index contributed by atoms with van der Waals surface area (Å²) in [7, 11) is -3.66. The number of morpholine rings is 1. The van der Waals surface area contributed by atoms with Crippen LogP contribution in [0.3, 0.4) is 0 Å². The molecule has 5 aliphatic rings. The standard InChI is InChI=1S/C25H36N2O5S/c1-17(2)32-23-4-3-21(33(29,30)27-5-7-31-8-6-27)12-22(23)26-24(28)16-25-13-18-9-19(14-25)11-20(10-18)15-25/h3-4,12,17-20H,5-11,13-16H2,1-2H3,(H,26,28). The molecule has 4 saturated carbocycles. The van der Waals surface area contributed by atoms with E-state index in [-0.39, 0.29) is 22.3 Å². The Morgan fingerprint density at radius 1 is 1.12 bits per heavy atom. The van der Waals surface area contributed by atoms with Crippen LogP contribution in [0.15, 0.2) is 23.1 Å². The van der Waals surface area contributed by atoms with E-state index < -0.39 is 10.0 Å². The number of benzene rings is 1. The summed E-state index contributed by atoms with van der Waals surface area (Å²) < 4.78 is 39.0. The van der Waals surface area contributed by atoms with Crippen LogP contribution < -0.4 is 10.1 Å². The summed E-state index contributed by atoms with van der Waals surface area (Å²) in [6.07, 6.45) is 7.93. The van der Waals surface area contributed by atoms with E-state index in [1.807, 2.05) is 13.8 Å². The van der Waals surface area contributed by atoms with Gasteiger partial charge < -0.3 is 14.8 Å². The summed E-state index contributed by atoms with van der Waals surface area (Å²) in [4.78, 5) is 13.4. The van der Waals surface area contributed by atoms with Crippen LogP contribution in [-0.2, 0) is 19.6 Å². The summed E-state index contributed by atoms with van der Waals surface area (Å²) in [5, 5.41) is 3.03. The van der Waals surface area contributed by atoms with E-state index in [0.29, 0.717) is 44.2 Å². The molecule has 1 aromatic rings. The van der Waals surface area contributed by atoms with Crippen molar-refractivity contribution in [3.8, 4) is 5.75 Å². The van der Waals surface area contributed by atoms with Crippen LogP contribution >= 0.6 is 0 Å². The second-order valence-corrected chi connectivity index (χ2v) is 12.9.